The summed E-state index contributed by atoms with van der Waals surface area (Å²) in [7, 11) is 0. The van der Waals surface area contributed by atoms with Gasteiger partial charge in [0.05, 0.1) is 18.2 Å². The number of anilines is 1. The van der Waals surface area contributed by atoms with E-state index in [1.165, 1.54) is 5.56 Å². The van der Waals surface area contributed by atoms with Crippen LogP contribution >= 0.6 is 0 Å². The first kappa shape index (κ1) is 16.1. The molecule has 5 nitrogen and oxygen atoms in total. The summed E-state index contributed by atoms with van der Waals surface area (Å²) in [6, 6.07) is 6.30. The van der Waals surface area contributed by atoms with Crippen LogP contribution < -0.4 is 10.1 Å². The van der Waals surface area contributed by atoms with Gasteiger partial charge >= 0.3 is 5.97 Å². The van der Waals surface area contributed by atoms with Crippen molar-refractivity contribution in [2.45, 2.75) is 38.7 Å². The van der Waals surface area contributed by atoms with Gasteiger partial charge in [-0.2, -0.15) is 0 Å². The van der Waals surface area contributed by atoms with Gasteiger partial charge < -0.3 is 20.1 Å². The van der Waals surface area contributed by atoms with E-state index in [0.717, 1.165) is 50.3 Å². The van der Waals surface area contributed by atoms with E-state index >= 15 is 0 Å². The van der Waals surface area contributed by atoms with E-state index in [2.05, 4.69) is 36.2 Å². The van der Waals surface area contributed by atoms with Crippen molar-refractivity contribution in [3.63, 3.8) is 0 Å². The molecule has 1 aromatic rings. The third-order valence-electron chi connectivity index (χ3n) is 4.71. The summed E-state index contributed by atoms with van der Waals surface area (Å²) in [5, 5.41) is 12.6. The second kappa shape index (κ2) is 6.40. The lowest BCUT2D eigenvalue weighted by Crippen LogP contribution is -2.40. The van der Waals surface area contributed by atoms with Crippen molar-refractivity contribution in [2.75, 3.05) is 31.5 Å². The fourth-order valence-electron chi connectivity index (χ4n) is 3.35. The largest absolute Gasteiger partial charge is 0.484 e. The zero-order valence-corrected chi connectivity index (χ0v) is 14.0. The minimum atomic E-state index is -0.660. The molecule has 2 aliphatic rings. The van der Waals surface area contributed by atoms with Crippen LogP contribution in [0.5, 0.6) is 5.75 Å². The highest BCUT2D eigenvalue weighted by Gasteiger charge is 2.27. The Morgan fingerprint density at radius 3 is 3.09 bits per heavy atom. The number of nitrogens with one attached hydrogen (secondary N) is 1. The maximum atomic E-state index is 11.1. The molecule has 1 unspecified atom stereocenters. The van der Waals surface area contributed by atoms with E-state index in [4.69, 9.17) is 9.84 Å². The molecule has 2 N–H and O–H groups in total. The lowest BCUT2D eigenvalue weighted by atomic mass is 9.98. The molecule has 0 radical (unpaired) electrons. The van der Waals surface area contributed by atoms with Gasteiger partial charge in [0.15, 0.2) is 0 Å². The molecule has 1 saturated heterocycles. The number of piperidine rings is 1. The van der Waals surface area contributed by atoms with Crippen molar-refractivity contribution in [1.29, 1.82) is 0 Å². The minimum Gasteiger partial charge on any atom is -0.484 e. The molecule has 3 rings (SSSR count). The second-order valence-electron chi connectivity index (χ2n) is 7.27. The highest BCUT2D eigenvalue weighted by atomic mass is 16.5. The third-order valence-corrected chi connectivity index (χ3v) is 4.71. The summed E-state index contributed by atoms with van der Waals surface area (Å²) in [5.41, 5.74) is 2.15. The molecule has 0 spiro atoms. The van der Waals surface area contributed by atoms with Crippen molar-refractivity contribution >= 4 is 11.7 Å². The zero-order valence-electron chi connectivity index (χ0n) is 14.0. The number of fused-ring (bicyclic) bond motifs is 1. The number of aliphatic carboxylic acids is 1. The normalized spacial score (nSPS) is 23.5. The Kier molecular flexibility index (Phi) is 4.48. The van der Waals surface area contributed by atoms with E-state index in [1.54, 1.807) is 0 Å². The van der Waals surface area contributed by atoms with Crippen molar-refractivity contribution in [1.82, 2.24) is 4.90 Å². The Morgan fingerprint density at radius 2 is 2.30 bits per heavy atom. The SMILES string of the molecule is CC1(C)CNc2cc(CCN3CCCC(C(=O)O)C3)ccc2O1. The molecule has 0 aromatic heterocycles. The maximum Gasteiger partial charge on any atom is 0.307 e. The Morgan fingerprint density at radius 1 is 1.48 bits per heavy atom. The first-order valence-electron chi connectivity index (χ1n) is 8.44. The number of benzene rings is 1. The molecule has 5 heteroatoms. The standard InChI is InChI=1S/C18H26N2O3/c1-18(2)12-19-15-10-13(5-6-16(15)23-18)7-9-20-8-3-4-14(11-20)17(21)22/h5-6,10,14,19H,3-4,7-9,11-12H2,1-2H3,(H,21,22). The van der Waals surface area contributed by atoms with Gasteiger partial charge in [-0.15, -0.1) is 0 Å². The van der Waals surface area contributed by atoms with Crippen LogP contribution in [0, 0.1) is 5.92 Å². The average molecular weight is 318 g/mol. The number of hydrogen-bond acceptors (Lipinski definition) is 4. The molecule has 0 saturated carbocycles. The third kappa shape index (κ3) is 3.96. The topological polar surface area (TPSA) is 61.8 Å². The van der Waals surface area contributed by atoms with E-state index < -0.39 is 5.97 Å². The van der Waals surface area contributed by atoms with Gasteiger partial charge in [-0.25, -0.2) is 0 Å². The van der Waals surface area contributed by atoms with Crippen molar-refractivity contribution < 1.29 is 14.6 Å². The number of hydrogen-bond donors (Lipinski definition) is 2. The van der Waals surface area contributed by atoms with Crippen LogP contribution in [0.3, 0.4) is 0 Å². The number of carboxylic acid groups (broad SMARTS) is 1. The molecule has 126 valence electrons. The Hall–Kier alpha value is -1.75. The average Bonchev–Trinajstić information content (AvgIpc) is 2.52. The summed E-state index contributed by atoms with van der Waals surface area (Å²) >= 11 is 0. The number of likely N-dealkylation sites (tertiary alicyclic amines) is 1. The van der Waals surface area contributed by atoms with Crippen LogP contribution in [0.15, 0.2) is 18.2 Å². The molecule has 0 amide bonds. The first-order chi connectivity index (χ1) is 10.9. The van der Waals surface area contributed by atoms with Gasteiger partial charge in [-0.1, -0.05) is 6.07 Å². The lowest BCUT2D eigenvalue weighted by molar-refractivity contribution is -0.143. The molecular formula is C18H26N2O3. The van der Waals surface area contributed by atoms with Gasteiger partial charge in [-0.3, -0.25) is 4.79 Å². The first-order valence-corrected chi connectivity index (χ1v) is 8.44. The lowest BCUT2D eigenvalue weighted by Gasteiger charge is -2.34. The van der Waals surface area contributed by atoms with E-state index in [9.17, 15) is 4.79 Å². The fraction of sp³-hybridized carbons (Fsp3) is 0.611. The number of ether oxygens (including phenoxy) is 1. The van der Waals surface area contributed by atoms with Crippen LogP contribution in [0.1, 0.15) is 32.3 Å². The van der Waals surface area contributed by atoms with E-state index in [-0.39, 0.29) is 11.5 Å². The maximum absolute atomic E-state index is 11.1. The Labute approximate surface area is 137 Å². The molecule has 0 bridgehead atoms. The Balaban J connectivity index is 1.58. The molecule has 2 heterocycles. The summed E-state index contributed by atoms with van der Waals surface area (Å²) < 4.78 is 5.97. The van der Waals surface area contributed by atoms with Crippen LogP contribution in [-0.4, -0.2) is 47.8 Å². The second-order valence-corrected chi connectivity index (χ2v) is 7.27. The van der Waals surface area contributed by atoms with Crippen molar-refractivity contribution in [2.24, 2.45) is 5.92 Å². The van der Waals surface area contributed by atoms with Gasteiger partial charge in [0, 0.05) is 13.1 Å². The predicted octanol–water partition coefficient (Wildman–Crippen LogP) is 2.61. The van der Waals surface area contributed by atoms with Crippen molar-refractivity contribution in [3.05, 3.63) is 23.8 Å². The molecule has 0 aliphatic carbocycles. The summed E-state index contributed by atoms with van der Waals surface area (Å²) in [6.45, 7) is 7.54. The number of rotatable bonds is 4. The van der Waals surface area contributed by atoms with E-state index in [1.807, 2.05) is 6.07 Å². The molecule has 23 heavy (non-hydrogen) atoms. The highest BCUT2D eigenvalue weighted by Crippen LogP contribution is 2.33. The van der Waals surface area contributed by atoms with Crippen molar-refractivity contribution in [3.8, 4) is 5.75 Å². The zero-order chi connectivity index (χ0) is 16.4. The smallest absolute Gasteiger partial charge is 0.307 e. The van der Waals surface area contributed by atoms with Gasteiger partial charge in [-0.05, 0) is 57.4 Å². The molecular weight excluding hydrogens is 292 g/mol. The van der Waals surface area contributed by atoms with Crippen LogP contribution in [0.25, 0.3) is 0 Å². The highest BCUT2D eigenvalue weighted by molar-refractivity contribution is 5.70. The predicted molar refractivity (Wildman–Crippen MR) is 90.1 cm³/mol. The number of carbonyl (C=O) groups is 1. The summed E-state index contributed by atoms with van der Waals surface area (Å²) in [4.78, 5) is 13.4. The summed E-state index contributed by atoms with van der Waals surface area (Å²) in [6.07, 6.45) is 2.72. The van der Waals surface area contributed by atoms with Gasteiger partial charge in [0.25, 0.3) is 0 Å². The monoisotopic (exact) mass is 318 g/mol. The van der Waals surface area contributed by atoms with Crippen LogP contribution in [0.2, 0.25) is 0 Å². The Bertz CT molecular complexity index is 586. The number of nitrogens with zero attached hydrogens (tertiary/aromatic N) is 1. The molecule has 1 fully saturated rings. The minimum absolute atomic E-state index is 0.172. The molecule has 1 aromatic carbocycles. The van der Waals surface area contributed by atoms with Gasteiger partial charge in [0.1, 0.15) is 11.4 Å². The molecule has 2 aliphatic heterocycles. The van der Waals surface area contributed by atoms with Crippen LogP contribution in [-0.2, 0) is 11.2 Å². The van der Waals surface area contributed by atoms with E-state index in [0.29, 0.717) is 6.54 Å². The molecule has 1 atom stereocenters. The van der Waals surface area contributed by atoms with Crippen LogP contribution in [0.4, 0.5) is 5.69 Å². The number of carboxylic acids is 1. The van der Waals surface area contributed by atoms with Gasteiger partial charge in [0.2, 0.25) is 0 Å². The summed E-state index contributed by atoms with van der Waals surface area (Å²) in [5.74, 6) is 0.0472. The quantitative estimate of drug-likeness (QED) is 0.893. The fourth-order valence-corrected chi connectivity index (χ4v) is 3.35.